The molecule has 2 rings (SSSR count). The number of rotatable bonds is 6. The van der Waals surface area contributed by atoms with Gasteiger partial charge in [-0.2, -0.15) is 5.10 Å². The predicted molar refractivity (Wildman–Crippen MR) is 75.4 cm³/mol. The van der Waals surface area contributed by atoms with Crippen LogP contribution in [0, 0.1) is 0 Å². The Morgan fingerprint density at radius 1 is 1.40 bits per heavy atom. The minimum Gasteiger partial charge on any atom is -0.370 e. The van der Waals surface area contributed by atoms with Gasteiger partial charge in [-0.3, -0.25) is 9.48 Å². The molecule has 0 aliphatic rings. The topological polar surface area (TPSA) is 84.7 Å². The van der Waals surface area contributed by atoms with E-state index in [-0.39, 0.29) is 5.91 Å². The third-order valence-corrected chi connectivity index (χ3v) is 2.68. The molecular formula is C13H18N6O. The first-order valence-corrected chi connectivity index (χ1v) is 6.52. The lowest BCUT2D eigenvalue weighted by Crippen LogP contribution is -2.27. The Hall–Kier alpha value is -2.44. The van der Waals surface area contributed by atoms with Crippen molar-refractivity contribution in [2.75, 3.05) is 18.4 Å². The maximum Gasteiger partial charge on any atom is 0.255 e. The van der Waals surface area contributed by atoms with Crippen molar-refractivity contribution < 1.29 is 4.79 Å². The summed E-state index contributed by atoms with van der Waals surface area (Å²) < 4.78 is 1.64. The summed E-state index contributed by atoms with van der Waals surface area (Å²) >= 11 is 0. The molecule has 1 amide bonds. The Bertz CT molecular complexity index is 580. The maximum atomic E-state index is 12.1. The van der Waals surface area contributed by atoms with E-state index in [0.717, 1.165) is 6.54 Å². The Balaban J connectivity index is 1.91. The van der Waals surface area contributed by atoms with Gasteiger partial charge in [-0.05, 0) is 19.1 Å². The van der Waals surface area contributed by atoms with Crippen molar-refractivity contribution in [2.45, 2.75) is 13.3 Å². The van der Waals surface area contributed by atoms with E-state index in [2.05, 4.69) is 25.7 Å². The van der Waals surface area contributed by atoms with Crippen LogP contribution in [0.1, 0.15) is 23.1 Å². The van der Waals surface area contributed by atoms with Gasteiger partial charge in [-0.1, -0.05) is 0 Å². The number of amides is 1. The molecule has 0 aliphatic carbocycles. The van der Waals surface area contributed by atoms with Crippen LogP contribution in [0.25, 0.3) is 0 Å². The number of carbonyl (C=O) groups is 1. The standard InChI is InChI=1S/C13H18N6O/c1-3-14-12-10(5-4-7-15-12)13(20)16-8-6-11-17-9-19(2)18-11/h4-5,7,9H,3,6,8H2,1-2H3,(H,14,15)(H,16,20). The van der Waals surface area contributed by atoms with Crippen molar-refractivity contribution in [2.24, 2.45) is 7.05 Å². The molecule has 2 N–H and O–H groups in total. The normalized spacial score (nSPS) is 10.3. The van der Waals surface area contributed by atoms with Crippen molar-refractivity contribution >= 4 is 11.7 Å². The van der Waals surface area contributed by atoms with Gasteiger partial charge in [0.2, 0.25) is 0 Å². The van der Waals surface area contributed by atoms with E-state index in [1.54, 1.807) is 29.3 Å². The smallest absolute Gasteiger partial charge is 0.255 e. The maximum absolute atomic E-state index is 12.1. The van der Waals surface area contributed by atoms with Crippen LogP contribution in [0.2, 0.25) is 0 Å². The Morgan fingerprint density at radius 2 is 2.25 bits per heavy atom. The minimum absolute atomic E-state index is 0.148. The monoisotopic (exact) mass is 274 g/mol. The zero-order valence-electron chi connectivity index (χ0n) is 11.6. The van der Waals surface area contributed by atoms with Gasteiger partial charge < -0.3 is 10.6 Å². The van der Waals surface area contributed by atoms with E-state index < -0.39 is 0 Å². The molecule has 0 aromatic carbocycles. The molecule has 0 fully saturated rings. The van der Waals surface area contributed by atoms with Crippen LogP contribution in [-0.2, 0) is 13.5 Å². The lowest BCUT2D eigenvalue weighted by Gasteiger charge is -2.09. The molecule has 106 valence electrons. The molecular weight excluding hydrogens is 256 g/mol. The fourth-order valence-electron chi connectivity index (χ4n) is 1.78. The van der Waals surface area contributed by atoms with Gasteiger partial charge in [0.15, 0.2) is 5.82 Å². The van der Waals surface area contributed by atoms with Crippen LogP contribution in [0.3, 0.4) is 0 Å². The molecule has 0 radical (unpaired) electrons. The van der Waals surface area contributed by atoms with E-state index in [1.807, 2.05) is 14.0 Å². The third-order valence-electron chi connectivity index (χ3n) is 2.68. The molecule has 0 saturated heterocycles. The second-order valence-corrected chi connectivity index (χ2v) is 4.27. The molecule has 20 heavy (non-hydrogen) atoms. The number of aryl methyl sites for hydroxylation is 1. The van der Waals surface area contributed by atoms with Crippen molar-refractivity contribution in [1.29, 1.82) is 0 Å². The SMILES string of the molecule is CCNc1ncccc1C(=O)NCCc1ncn(C)n1. The third kappa shape index (κ3) is 3.53. The number of nitrogens with zero attached hydrogens (tertiary/aromatic N) is 4. The average molecular weight is 274 g/mol. The molecule has 7 nitrogen and oxygen atoms in total. The molecule has 7 heteroatoms. The summed E-state index contributed by atoms with van der Waals surface area (Å²) in [5.74, 6) is 1.17. The second kappa shape index (κ2) is 6.65. The highest BCUT2D eigenvalue weighted by atomic mass is 16.1. The number of aromatic nitrogens is 4. The molecule has 2 aromatic rings. The molecule has 0 aliphatic heterocycles. The predicted octanol–water partition coefficient (Wildman–Crippen LogP) is 0.614. The van der Waals surface area contributed by atoms with Crippen LogP contribution in [0.4, 0.5) is 5.82 Å². The summed E-state index contributed by atoms with van der Waals surface area (Å²) in [5, 5.41) is 10.1. The second-order valence-electron chi connectivity index (χ2n) is 4.27. The number of anilines is 1. The molecule has 0 atom stereocenters. The highest BCUT2D eigenvalue weighted by Gasteiger charge is 2.11. The first-order chi connectivity index (χ1) is 9.70. The number of carbonyl (C=O) groups excluding carboxylic acids is 1. The fourth-order valence-corrected chi connectivity index (χ4v) is 1.78. The summed E-state index contributed by atoms with van der Waals surface area (Å²) in [4.78, 5) is 20.4. The van der Waals surface area contributed by atoms with E-state index in [1.165, 1.54) is 0 Å². The molecule has 2 aromatic heterocycles. The van der Waals surface area contributed by atoms with Crippen molar-refractivity contribution in [3.8, 4) is 0 Å². The summed E-state index contributed by atoms with van der Waals surface area (Å²) in [5.41, 5.74) is 0.545. The number of hydrogen-bond donors (Lipinski definition) is 2. The quantitative estimate of drug-likeness (QED) is 0.806. The lowest BCUT2D eigenvalue weighted by molar-refractivity contribution is 0.0954. The van der Waals surface area contributed by atoms with Gasteiger partial charge in [-0.25, -0.2) is 9.97 Å². The minimum atomic E-state index is -0.148. The largest absolute Gasteiger partial charge is 0.370 e. The van der Waals surface area contributed by atoms with Gasteiger partial charge in [0, 0.05) is 32.8 Å². The average Bonchev–Trinajstić information content (AvgIpc) is 2.85. The molecule has 0 saturated carbocycles. The van der Waals surface area contributed by atoms with E-state index in [9.17, 15) is 4.79 Å². The summed E-state index contributed by atoms with van der Waals surface area (Å²) in [7, 11) is 1.81. The van der Waals surface area contributed by atoms with Gasteiger partial charge in [0.1, 0.15) is 12.1 Å². The van der Waals surface area contributed by atoms with Gasteiger partial charge >= 0.3 is 0 Å². The Morgan fingerprint density at radius 3 is 2.95 bits per heavy atom. The first-order valence-electron chi connectivity index (χ1n) is 6.52. The molecule has 2 heterocycles. The van der Waals surface area contributed by atoms with E-state index in [4.69, 9.17) is 0 Å². The number of hydrogen-bond acceptors (Lipinski definition) is 5. The van der Waals surface area contributed by atoms with Gasteiger partial charge in [0.25, 0.3) is 5.91 Å². The summed E-state index contributed by atoms with van der Waals surface area (Å²) in [6.45, 7) is 3.17. The van der Waals surface area contributed by atoms with Crippen LogP contribution in [0.15, 0.2) is 24.7 Å². The summed E-state index contributed by atoms with van der Waals surface area (Å²) in [6.07, 6.45) is 3.90. The van der Waals surface area contributed by atoms with Crippen LogP contribution >= 0.6 is 0 Å². The molecule has 0 unspecified atom stereocenters. The zero-order chi connectivity index (χ0) is 14.4. The Kier molecular flexibility index (Phi) is 4.65. The highest BCUT2D eigenvalue weighted by Crippen LogP contribution is 2.10. The highest BCUT2D eigenvalue weighted by molar-refractivity contribution is 5.98. The van der Waals surface area contributed by atoms with E-state index in [0.29, 0.717) is 30.2 Å². The van der Waals surface area contributed by atoms with Crippen molar-refractivity contribution in [3.05, 3.63) is 36.0 Å². The summed E-state index contributed by atoms with van der Waals surface area (Å²) in [6, 6.07) is 3.50. The fraction of sp³-hybridized carbons (Fsp3) is 0.385. The molecule has 0 bridgehead atoms. The first kappa shape index (κ1) is 14.0. The lowest BCUT2D eigenvalue weighted by atomic mass is 10.2. The van der Waals surface area contributed by atoms with Crippen LogP contribution < -0.4 is 10.6 Å². The Labute approximate surface area is 117 Å². The number of nitrogens with one attached hydrogen (secondary N) is 2. The number of pyridine rings is 1. The van der Waals surface area contributed by atoms with Crippen LogP contribution in [0.5, 0.6) is 0 Å². The van der Waals surface area contributed by atoms with E-state index >= 15 is 0 Å². The van der Waals surface area contributed by atoms with Gasteiger partial charge in [-0.15, -0.1) is 0 Å². The zero-order valence-corrected chi connectivity index (χ0v) is 11.6. The van der Waals surface area contributed by atoms with Crippen LogP contribution in [-0.4, -0.2) is 38.7 Å². The van der Waals surface area contributed by atoms with Gasteiger partial charge in [0.05, 0.1) is 5.56 Å². The molecule has 0 spiro atoms. The van der Waals surface area contributed by atoms with Crippen molar-refractivity contribution in [3.63, 3.8) is 0 Å². The van der Waals surface area contributed by atoms with Crippen molar-refractivity contribution in [1.82, 2.24) is 25.1 Å².